The summed E-state index contributed by atoms with van der Waals surface area (Å²) in [6.07, 6.45) is 0. The third kappa shape index (κ3) is 5.19. The second-order valence-corrected chi connectivity index (χ2v) is 4.59. The van der Waals surface area contributed by atoms with Crippen LogP contribution in [0.1, 0.15) is 17.3 Å². The van der Waals surface area contributed by atoms with Gasteiger partial charge in [0, 0.05) is 12.1 Å². The van der Waals surface area contributed by atoms with Crippen LogP contribution in [0.5, 0.6) is 0 Å². The minimum absolute atomic E-state index is 0.0141. The Labute approximate surface area is 116 Å². The van der Waals surface area contributed by atoms with Crippen LogP contribution >= 0.6 is 0 Å². The molecule has 0 aliphatic carbocycles. The van der Waals surface area contributed by atoms with Gasteiger partial charge in [-0.1, -0.05) is 37.3 Å². The lowest BCUT2D eigenvalue weighted by Gasteiger charge is -2.21. The van der Waals surface area contributed by atoms with Gasteiger partial charge in [-0.3, -0.25) is 19.3 Å². The molecule has 1 aromatic rings. The zero-order chi connectivity index (χ0) is 15.1. The summed E-state index contributed by atoms with van der Waals surface area (Å²) in [6, 6.07) is 8.49. The van der Waals surface area contributed by atoms with E-state index in [4.69, 9.17) is 10.2 Å². The summed E-state index contributed by atoms with van der Waals surface area (Å²) < 4.78 is 0. The monoisotopic (exact) mass is 279 g/mol. The van der Waals surface area contributed by atoms with Crippen molar-refractivity contribution in [3.8, 4) is 0 Å². The molecule has 1 atom stereocenters. The number of nitrogens with zero attached hydrogens (tertiary/aromatic N) is 1. The Morgan fingerprint density at radius 2 is 1.70 bits per heavy atom. The third-order valence-corrected chi connectivity index (χ3v) is 2.78. The van der Waals surface area contributed by atoms with Gasteiger partial charge in [0.1, 0.15) is 0 Å². The van der Waals surface area contributed by atoms with Gasteiger partial charge in [-0.05, 0) is 0 Å². The Morgan fingerprint density at radius 3 is 2.20 bits per heavy atom. The van der Waals surface area contributed by atoms with E-state index in [-0.39, 0.29) is 25.4 Å². The van der Waals surface area contributed by atoms with Gasteiger partial charge >= 0.3 is 11.9 Å². The molecule has 108 valence electrons. The average Bonchev–Trinajstić information content (AvgIpc) is 2.38. The molecule has 0 fully saturated rings. The molecule has 6 nitrogen and oxygen atoms in total. The van der Waals surface area contributed by atoms with Crippen LogP contribution in [0.25, 0.3) is 0 Å². The highest BCUT2D eigenvalue weighted by molar-refractivity contribution is 5.97. The highest BCUT2D eigenvalue weighted by atomic mass is 16.4. The van der Waals surface area contributed by atoms with Crippen molar-refractivity contribution in [2.75, 3.05) is 19.6 Å². The van der Waals surface area contributed by atoms with Gasteiger partial charge in [-0.15, -0.1) is 0 Å². The van der Waals surface area contributed by atoms with Crippen molar-refractivity contribution < 1.29 is 24.6 Å². The zero-order valence-corrected chi connectivity index (χ0v) is 11.2. The minimum Gasteiger partial charge on any atom is -0.481 e. The van der Waals surface area contributed by atoms with Gasteiger partial charge in [-0.25, -0.2) is 0 Å². The van der Waals surface area contributed by atoms with Crippen molar-refractivity contribution in [1.82, 2.24) is 4.90 Å². The lowest BCUT2D eigenvalue weighted by Crippen LogP contribution is -2.39. The molecule has 0 aliphatic heterocycles. The van der Waals surface area contributed by atoms with Gasteiger partial charge < -0.3 is 10.2 Å². The number of carbonyl (C=O) groups excluding carboxylic acids is 1. The minimum atomic E-state index is -1.09. The number of ketones is 1. The number of benzene rings is 1. The molecule has 0 saturated heterocycles. The topological polar surface area (TPSA) is 94.9 Å². The van der Waals surface area contributed by atoms with Gasteiger partial charge in [0.05, 0.1) is 19.0 Å². The molecule has 0 bridgehead atoms. The number of carboxylic acid groups (broad SMARTS) is 2. The summed E-state index contributed by atoms with van der Waals surface area (Å²) in [6.45, 7) is 1.01. The van der Waals surface area contributed by atoms with E-state index >= 15 is 0 Å². The molecule has 6 heteroatoms. The van der Waals surface area contributed by atoms with Crippen LogP contribution in [0.2, 0.25) is 0 Å². The summed E-state index contributed by atoms with van der Waals surface area (Å²) in [4.78, 5) is 34.9. The van der Waals surface area contributed by atoms with E-state index in [1.54, 1.807) is 30.3 Å². The van der Waals surface area contributed by atoms with Crippen molar-refractivity contribution >= 4 is 17.7 Å². The number of hydrogen-bond donors (Lipinski definition) is 2. The Morgan fingerprint density at radius 1 is 1.10 bits per heavy atom. The van der Waals surface area contributed by atoms with Gasteiger partial charge in [0.2, 0.25) is 0 Å². The highest BCUT2D eigenvalue weighted by Crippen LogP contribution is 2.05. The third-order valence-electron chi connectivity index (χ3n) is 2.78. The molecular formula is C14H17NO5. The van der Waals surface area contributed by atoms with Crippen molar-refractivity contribution in [2.45, 2.75) is 6.92 Å². The molecule has 0 aliphatic rings. The molecule has 0 radical (unpaired) electrons. The summed E-state index contributed by atoms with van der Waals surface area (Å²) in [5.41, 5.74) is 0.478. The molecule has 1 rings (SSSR count). The van der Waals surface area contributed by atoms with E-state index in [0.29, 0.717) is 5.56 Å². The first-order valence-corrected chi connectivity index (χ1v) is 6.15. The van der Waals surface area contributed by atoms with Crippen molar-refractivity contribution in [3.63, 3.8) is 0 Å². The van der Waals surface area contributed by atoms with E-state index in [2.05, 4.69) is 0 Å². The maximum Gasteiger partial charge on any atom is 0.317 e. The van der Waals surface area contributed by atoms with Crippen LogP contribution in [0, 0.1) is 5.92 Å². The Hall–Kier alpha value is -2.21. The summed E-state index contributed by atoms with van der Waals surface area (Å²) >= 11 is 0. The fourth-order valence-electron chi connectivity index (χ4n) is 1.76. The summed E-state index contributed by atoms with van der Waals surface area (Å²) in [7, 11) is 0. The summed E-state index contributed by atoms with van der Waals surface area (Å²) in [5.74, 6) is -3.08. The smallest absolute Gasteiger partial charge is 0.317 e. The standard InChI is InChI=1S/C14H17NO5/c1-10(14(19)20)7-15(9-13(17)18)8-12(16)11-5-3-2-4-6-11/h2-6,10H,7-9H2,1H3,(H,17,18)(H,19,20). The van der Waals surface area contributed by atoms with Crippen molar-refractivity contribution in [3.05, 3.63) is 35.9 Å². The fourth-order valence-corrected chi connectivity index (χ4v) is 1.76. The normalized spacial score (nSPS) is 12.1. The fraction of sp³-hybridized carbons (Fsp3) is 0.357. The van der Waals surface area contributed by atoms with Crippen molar-refractivity contribution in [1.29, 1.82) is 0 Å². The van der Waals surface area contributed by atoms with E-state index in [9.17, 15) is 14.4 Å². The number of Topliss-reactive ketones (excluding diaryl/α,β-unsaturated/α-hetero) is 1. The molecule has 20 heavy (non-hydrogen) atoms. The molecule has 0 saturated carbocycles. The second kappa shape index (κ2) is 7.40. The van der Waals surface area contributed by atoms with Crippen LogP contribution in [-0.4, -0.2) is 52.5 Å². The predicted molar refractivity (Wildman–Crippen MR) is 71.6 cm³/mol. The second-order valence-electron chi connectivity index (χ2n) is 4.59. The van der Waals surface area contributed by atoms with Crippen LogP contribution < -0.4 is 0 Å². The number of carboxylic acids is 2. The lowest BCUT2D eigenvalue weighted by atomic mass is 10.1. The van der Waals surface area contributed by atoms with Crippen LogP contribution in [-0.2, 0) is 9.59 Å². The Kier molecular flexibility index (Phi) is 5.86. The number of rotatable bonds is 8. The SMILES string of the molecule is CC(CN(CC(=O)O)CC(=O)c1ccccc1)C(=O)O. The van der Waals surface area contributed by atoms with Crippen LogP contribution in [0.3, 0.4) is 0 Å². The van der Waals surface area contributed by atoms with Crippen LogP contribution in [0.15, 0.2) is 30.3 Å². The first kappa shape index (κ1) is 15.8. The van der Waals surface area contributed by atoms with E-state index in [1.165, 1.54) is 11.8 Å². The Balaban J connectivity index is 2.71. The zero-order valence-electron chi connectivity index (χ0n) is 11.2. The van der Waals surface area contributed by atoms with E-state index < -0.39 is 17.9 Å². The summed E-state index contributed by atoms with van der Waals surface area (Å²) in [5, 5.41) is 17.7. The molecule has 1 unspecified atom stereocenters. The van der Waals surface area contributed by atoms with Crippen LogP contribution in [0.4, 0.5) is 0 Å². The number of carbonyl (C=O) groups is 3. The molecule has 1 aromatic carbocycles. The van der Waals surface area contributed by atoms with E-state index in [0.717, 1.165) is 0 Å². The number of aliphatic carboxylic acids is 2. The molecule has 0 heterocycles. The first-order valence-electron chi connectivity index (χ1n) is 6.15. The lowest BCUT2D eigenvalue weighted by molar-refractivity contribution is -0.144. The average molecular weight is 279 g/mol. The van der Waals surface area contributed by atoms with Gasteiger partial charge in [0.15, 0.2) is 5.78 Å². The van der Waals surface area contributed by atoms with Gasteiger partial charge in [-0.2, -0.15) is 0 Å². The molecular weight excluding hydrogens is 262 g/mol. The number of hydrogen-bond acceptors (Lipinski definition) is 4. The molecule has 2 N–H and O–H groups in total. The predicted octanol–water partition coefficient (Wildman–Crippen LogP) is 0.977. The maximum atomic E-state index is 12.0. The van der Waals surface area contributed by atoms with E-state index in [1.807, 2.05) is 0 Å². The molecule has 0 aromatic heterocycles. The maximum absolute atomic E-state index is 12.0. The first-order chi connectivity index (χ1) is 9.40. The highest BCUT2D eigenvalue weighted by Gasteiger charge is 2.20. The van der Waals surface area contributed by atoms with Crippen molar-refractivity contribution in [2.24, 2.45) is 5.92 Å². The molecule has 0 amide bonds. The Bertz CT molecular complexity index is 486. The largest absolute Gasteiger partial charge is 0.481 e. The quantitative estimate of drug-likeness (QED) is 0.689. The van der Waals surface area contributed by atoms with Gasteiger partial charge in [0.25, 0.3) is 0 Å². The molecule has 0 spiro atoms.